The van der Waals surface area contributed by atoms with Crippen molar-refractivity contribution in [3.63, 3.8) is 0 Å². The summed E-state index contributed by atoms with van der Waals surface area (Å²) in [7, 11) is 0. The van der Waals surface area contributed by atoms with Crippen LogP contribution in [0.25, 0.3) is 0 Å². The first kappa shape index (κ1) is 14.9. The Labute approximate surface area is 120 Å². The highest BCUT2D eigenvalue weighted by Gasteiger charge is 2.29. The van der Waals surface area contributed by atoms with E-state index in [0.29, 0.717) is 24.2 Å². The first-order valence-electron chi connectivity index (χ1n) is 6.59. The van der Waals surface area contributed by atoms with E-state index in [9.17, 15) is 8.78 Å². The van der Waals surface area contributed by atoms with Crippen LogP contribution in [-0.2, 0) is 4.74 Å². The molecule has 1 aliphatic heterocycles. The van der Waals surface area contributed by atoms with Gasteiger partial charge in [-0.25, -0.2) is 8.78 Å². The molecule has 1 aliphatic rings. The summed E-state index contributed by atoms with van der Waals surface area (Å²) in [4.78, 5) is 0. The van der Waals surface area contributed by atoms with Crippen molar-refractivity contribution in [2.24, 2.45) is 5.92 Å². The molecule has 106 valence electrons. The topological polar surface area (TPSA) is 21.3 Å². The van der Waals surface area contributed by atoms with E-state index in [2.05, 4.69) is 21.2 Å². The molecule has 0 aromatic heterocycles. The third kappa shape index (κ3) is 3.52. The zero-order valence-electron chi connectivity index (χ0n) is 10.9. The molecule has 1 N–H and O–H groups in total. The lowest BCUT2D eigenvalue weighted by molar-refractivity contribution is 0.0528. The molecule has 0 bridgehead atoms. The standard InChI is InChI=1S/C14H18BrF2NO/c1-2-18-14(9-3-5-19-6-4-9)13-11(16)7-10(15)8-12(13)17/h7-9,14,18H,2-6H2,1H3. The molecule has 19 heavy (non-hydrogen) atoms. The van der Waals surface area contributed by atoms with Gasteiger partial charge < -0.3 is 10.1 Å². The van der Waals surface area contributed by atoms with Gasteiger partial charge in [0.05, 0.1) is 0 Å². The van der Waals surface area contributed by atoms with Gasteiger partial charge >= 0.3 is 0 Å². The summed E-state index contributed by atoms with van der Waals surface area (Å²) in [5.74, 6) is -0.785. The Morgan fingerprint density at radius 3 is 2.42 bits per heavy atom. The molecule has 1 aromatic carbocycles. The lowest BCUT2D eigenvalue weighted by Gasteiger charge is -2.31. The van der Waals surface area contributed by atoms with Crippen LogP contribution >= 0.6 is 15.9 Å². The smallest absolute Gasteiger partial charge is 0.132 e. The molecular formula is C14H18BrF2NO. The third-order valence-corrected chi connectivity index (χ3v) is 3.97. The van der Waals surface area contributed by atoms with Crippen LogP contribution in [0.4, 0.5) is 8.78 Å². The first-order valence-corrected chi connectivity index (χ1v) is 7.38. The fourth-order valence-corrected chi connectivity index (χ4v) is 3.03. The summed E-state index contributed by atoms with van der Waals surface area (Å²) in [6, 6.07) is 2.35. The van der Waals surface area contributed by atoms with Gasteiger partial charge in [-0.1, -0.05) is 22.9 Å². The van der Waals surface area contributed by atoms with Gasteiger partial charge in [-0.05, 0) is 37.4 Å². The van der Waals surface area contributed by atoms with Crippen LogP contribution in [0.5, 0.6) is 0 Å². The Hall–Kier alpha value is -0.520. The lowest BCUT2D eigenvalue weighted by Crippen LogP contribution is -2.33. The van der Waals surface area contributed by atoms with Gasteiger partial charge in [-0.15, -0.1) is 0 Å². The van der Waals surface area contributed by atoms with Crippen molar-refractivity contribution in [1.82, 2.24) is 5.32 Å². The zero-order valence-corrected chi connectivity index (χ0v) is 12.5. The predicted molar refractivity (Wildman–Crippen MR) is 74.0 cm³/mol. The fourth-order valence-electron chi connectivity index (χ4n) is 2.62. The fraction of sp³-hybridized carbons (Fsp3) is 0.571. The van der Waals surface area contributed by atoms with E-state index in [1.165, 1.54) is 12.1 Å². The molecule has 0 spiro atoms. The molecule has 0 saturated carbocycles. The van der Waals surface area contributed by atoms with Gasteiger partial charge in [0.1, 0.15) is 11.6 Å². The van der Waals surface area contributed by atoms with Crippen molar-refractivity contribution < 1.29 is 13.5 Å². The first-order chi connectivity index (χ1) is 9.13. The second-order valence-electron chi connectivity index (χ2n) is 4.77. The number of benzene rings is 1. The Kier molecular flexibility index (Phi) is 5.30. The highest BCUT2D eigenvalue weighted by molar-refractivity contribution is 9.10. The monoisotopic (exact) mass is 333 g/mol. The number of ether oxygens (including phenoxy) is 1. The zero-order chi connectivity index (χ0) is 13.8. The van der Waals surface area contributed by atoms with Gasteiger partial charge in [0, 0.05) is 29.3 Å². The SMILES string of the molecule is CCNC(c1c(F)cc(Br)cc1F)C1CCOCC1. The minimum absolute atomic E-state index is 0.150. The van der Waals surface area contributed by atoms with E-state index in [1.54, 1.807) is 0 Å². The molecular weight excluding hydrogens is 316 g/mol. The molecule has 1 atom stereocenters. The highest BCUT2D eigenvalue weighted by Crippen LogP contribution is 2.34. The number of hydrogen-bond acceptors (Lipinski definition) is 2. The quantitative estimate of drug-likeness (QED) is 0.904. The van der Waals surface area contributed by atoms with Crippen molar-refractivity contribution in [3.05, 3.63) is 33.8 Å². The second-order valence-corrected chi connectivity index (χ2v) is 5.68. The maximum atomic E-state index is 14.1. The van der Waals surface area contributed by atoms with E-state index in [-0.39, 0.29) is 17.5 Å². The maximum absolute atomic E-state index is 14.1. The molecule has 0 aliphatic carbocycles. The van der Waals surface area contributed by atoms with Gasteiger partial charge in [0.15, 0.2) is 0 Å². The molecule has 0 radical (unpaired) electrons. The van der Waals surface area contributed by atoms with Crippen LogP contribution in [0.15, 0.2) is 16.6 Å². The number of nitrogens with one attached hydrogen (secondary N) is 1. The van der Waals surface area contributed by atoms with Crippen LogP contribution in [0, 0.1) is 17.6 Å². The van der Waals surface area contributed by atoms with E-state index < -0.39 is 11.6 Å². The average Bonchev–Trinajstić information content (AvgIpc) is 2.37. The second kappa shape index (κ2) is 6.77. The average molecular weight is 334 g/mol. The highest BCUT2D eigenvalue weighted by atomic mass is 79.9. The van der Waals surface area contributed by atoms with Crippen LogP contribution in [0.2, 0.25) is 0 Å². The normalized spacial score (nSPS) is 18.5. The Balaban J connectivity index is 2.32. The molecule has 1 saturated heterocycles. The molecule has 5 heteroatoms. The van der Waals surface area contributed by atoms with Gasteiger partial charge in [-0.3, -0.25) is 0 Å². The van der Waals surface area contributed by atoms with Crippen molar-refractivity contribution >= 4 is 15.9 Å². The van der Waals surface area contributed by atoms with Gasteiger partial charge in [-0.2, -0.15) is 0 Å². The largest absolute Gasteiger partial charge is 0.381 e. The van der Waals surface area contributed by atoms with E-state index in [1.807, 2.05) is 6.92 Å². The number of hydrogen-bond donors (Lipinski definition) is 1. The summed E-state index contributed by atoms with van der Waals surface area (Å²) < 4.78 is 33.9. The summed E-state index contributed by atoms with van der Waals surface area (Å²) >= 11 is 3.11. The van der Waals surface area contributed by atoms with Crippen LogP contribution in [0.1, 0.15) is 31.4 Å². The minimum atomic E-state index is -0.496. The molecule has 0 amide bonds. The van der Waals surface area contributed by atoms with Crippen molar-refractivity contribution in [2.75, 3.05) is 19.8 Å². The lowest BCUT2D eigenvalue weighted by atomic mass is 9.86. The predicted octanol–water partition coefficient (Wildman–Crippen LogP) is 3.80. The summed E-state index contributed by atoms with van der Waals surface area (Å²) in [5.41, 5.74) is 0.150. The van der Waals surface area contributed by atoms with Gasteiger partial charge in [0.2, 0.25) is 0 Å². The van der Waals surface area contributed by atoms with Gasteiger partial charge in [0.25, 0.3) is 0 Å². The molecule has 2 nitrogen and oxygen atoms in total. The van der Waals surface area contributed by atoms with Crippen molar-refractivity contribution in [1.29, 1.82) is 0 Å². The summed E-state index contributed by atoms with van der Waals surface area (Å²) in [6.07, 6.45) is 1.65. The van der Waals surface area contributed by atoms with Crippen molar-refractivity contribution in [2.45, 2.75) is 25.8 Å². The van der Waals surface area contributed by atoms with E-state index >= 15 is 0 Å². The summed E-state index contributed by atoms with van der Waals surface area (Å²) in [6.45, 7) is 3.94. The van der Waals surface area contributed by atoms with E-state index in [0.717, 1.165) is 12.8 Å². The Morgan fingerprint density at radius 1 is 1.32 bits per heavy atom. The Bertz CT molecular complexity index is 412. The minimum Gasteiger partial charge on any atom is -0.381 e. The number of rotatable bonds is 4. The molecule has 2 rings (SSSR count). The van der Waals surface area contributed by atoms with Crippen LogP contribution in [0.3, 0.4) is 0 Å². The van der Waals surface area contributed by atoms with Crippen LogP contribution < -0.4 is 5.32 Å². The van der Waals surface area contributed by atoms with Crippen LogP contribution in [-0.4, -0.2) is 19.8 Å². The van der Waals surface area contributed by atoms with E-state index in [4.69, 9.17) is 4.74 Å². The molecule has 1 heterocycles. The van der Waals surface area contributed by atoms with Crippen molar-refractivity contribution in [3.8, 4) is 0 Å². The Morgan fingerprint density at radius 2 is 1.89 bits per heavy atom. The molecule has 1 fully saturated rings. The number of halogens is 3. The summed E-state index contributed by atoms with van der Waals surface area (Å²) in [5, 5.41) is 3.22. The molecule has 1 unspecified atom stereocenters. The maximum Gasteiger partial charge on any atom is 0.132 e. The third-order valence-electron chi connectivity index (χ3n) is 3.52. The molecule has 1 aromatic rings.